The van der Waals surface area contributed by atoms with Gasteiger partial charge in [0.2, 0.25) is 0 Å². The average molecular weight is 352 g/mol. The van der Waals surface area contributed by atoms with Crippen LogP contribution >= 0.6 is 15.9 Å². The van der Waals surface area contributed by atoms with E-state index in [4.69, 9.17) is 11.2 Å². The van der Waals surface area contributed by atoms with E-state index in [-0.39, 0.29) is 0 Å². The first-order chi connectivity index (χ1) is 10.0. The van der Waals surface area contributed by atoms with Crippen LogP contribution in [0.4, 0.5) is 0 Å². The lowest BCUT2D eigenvalue weighted by Crippen LogP contribution is -2.25. The van der Waals surface area contributed by atoms with Crippen molar-refractivity contribution in [2.45, 2.75) is 52.6 Å². The molecule has 1 rings (SSSR count). The standard InChI is InChI=1S/C18H26BrNO/c1-5-11-21-18-10-9-17(19)12-16(18)13-20-15(4)8-6-7-14(2)3/h1,9-10,12,14-15,20H,6-8,11,13H2,2-4H3. The number of benzene rings is 1. The van der Waals surface area contributed by atoms with Crippen LogP contribution in [0.25, 0.3) is 0 Å². The Kier molecular flexibility index (Phi) is 8.49. The van der Waals surface area contributed by atoms with Crippen molar-refractivity contribution in [3.05, 3.63) is 28.2 Å². The molecule has 0 amide bonds. The Morgan fingerprint density at radius 1 is 1.29 bits per heavy atom. The van der Waals surface area contributed by atoms with E-state index in [9.17, 15) is 0 Å². The third kappa shape index (κ3) is 7.55. The second-order valence-electron chi connectivity index (χ2n) is 5.85. The van der Waals surface area contributed by atoms with Gasteiger partial charge in [-0.15, -0.1) is 6.42 Å². The van der Waals surface area contributed by atoms with Gasteiger partial charge in [-0.3, -0.25) is 0 Å². The summed E-state index contributed by atoms with van der Waals surface area (Å²) in [5.74, 6) is 4.15. The van der Waals surface area contributed by atoms with Gasteiger partial charge in [0.1, 0.15) is 12.4 Å². The molecule has 0 saturated heterocycles. The van der Waals surface area contributed by atoms with Crippen LogP contribution in [0.3, 0.4) is 0 Å². The summed E-state index contributed by atoms with van der Waals surface area (Å²) in [6.45, 7) is 7.88. The highest BCUT2D eigenvalue weighted by Gasteiger charge is 2.07. The fraction of sp³-hybridized carbons (Fsp3) is 0.556. The van der Waals surface area contributed by atoms with Gasteiger partial charge >= 0.3 is 0 Å². The molecule has 0 spiro atoms. The summed E-state index contributed by atoms with van der Waals surface area (Å²) in [6.07, 6.45) is 9.02. The summed E-state index contributed by atoms with van der Waals surface area (Å²) in [7, 11) is 0. The molecule has 0 fully saturated rings. The van der Waals surface area contributed by atoms with E-state index in [0.29, 0.717) is 12.6 Å². The minimum absolute atomic E-state index is 0.304. The number of ether oxygens (including phenoxy) is 1. The van der Waals surface area contributed by atoms with Crippen LogP contribution in [0.15, 0.2) is 22.7 Å². The smallest absolute Gasteiger partial charge is 0.148 e. The highest BCUT2D eigenvalue weighted by molar-refractivity contribution is 9.10. The molecule has 1 N–H and O–H groups in total. The van der Waals surface area contributed by atoms with Gasteiger partial charge in [0.25, 0.3) is 0 Å². The van der Waals surface area contributed by atoms with Gasteiger partial charge in [0.15, 0.2) is 0 Å². The van der Waals surface area contributed by atoms with E-state index < -0.39 is 0 Å². The number of nitrogens with one attached hydrogen (secondary N) is 1. The summed E-state index contributed by atoms with van der Waals surface area (Å²) in [5, 5.41) is 3.56. The van der Waals surface area contributed by atoms with Crippen molar-refractivity contribution < 1.29 is 4.74 Å². The van der Waals surface area contributed by atoms with Gasteiger partial charge in [-0.25, -0.2) is 0 Å². The van der Waals surface area contributed by atoms with E-state index in [0.717, 1.165) is 28.2 Å². The van der Waals surface area contributed by atoms with E-state index >= 15 is 0 Å². The molecular weight excluding hydrogens is 326 g/mol. The van der Waals surface area contributed by atoms with Crippen molar-refractivity contribution in [3.63, 3.8) is 0 Å². The lowest BCUT2D eigenvalue weighted by molar-refractivity contribution is 0.362. The molecule has 3 heteroatoms. The molecule has 0 aromatic heterocycles. The van der Waals surface area contributed by atoms with Crippen molar-refractivity contribution in [1.82, 2.24) is 5.32 Å². The molecule has 1 unspecified atom stereocenters. The second kappa shape index (κ2) is 9.87. The summed E-state index contributed by atoms with van der Waals surface area (Å²) in [4.78, 5) is 0. The fourth-order valence-electron chi connectivity index (χ4n) is 2.16. The molecule has 21 heavy (non-hydrogen) atoms. The molecule has 0 aliphatic heterocycles. The normalized spacial score (nSPS) is 12.2. The number of terminal acetylenes is 1. The van der Waals surface area contributed by atoms with Crippen LogP contribution < -0.4 is 10.1 Å². The molecule has 0 bridgehead atoms. The number of hydrogen-bond donors (Lipinski definition) is 1. The van der Waals surface area contributed by atoms with Gasteiger partial charge in [-0.1, -0.05) is 48.5 Å². The van der Waals surface area contributed by atoms with Crippen LogP contribution in [0.5, 0.6) is 5.75 Å². The van der Waals surface area contributed by atoms with Crippen molar-refractivity contribution in [1.29, 1.82) is 0 Å². The molecule has 0 saturated carbocycles. The molecule has 0 aliphatic carbocycles. The quantitative estimate of drug-likeness (QED) is 0.647. The third-order valence-electron chi connectivity index (χ3n) is 3.39. The average Bonchev–Trinajstić information content (AvgIpc) is 2.43. The summed E-state index contributed by atoms with van der Waals surface area (Å²) < 4.78 is 6.64. The largest absolute Gasteiger partial charge is 0.481 e. The first kappa shape index (κ1) is 18.1. The maximum absolute atomic E-state index is 5.59. The SMILES string of the molecule is C#CCOc1ccc(Br)cc1CNC(C)CCCC(C)C. The lowest BCUT2D eigenvalue weighted by atomic mass is 10.0. The Labute approximate surface area is 137 Å². The highest BCUT2D eigenvalue weighted by Crippen LogP contribution is 2.23. The molecule has 0 heterocycles. The van der Waals surface area contributed by atoms with Crippen LogP contribution in [-0.4, -0.2) is 12.6 Å². The zero-order valence-electron chi connectivity index (χ0n) is 13.3. The molecule has 1 aromatic carbocycles. The number of hydrogen-bond acceptors (Lipinski definition) is 2. The molecule has 0 radical (unpaired) electrons. The highest BCUT2D eigenvalue weighted by atomic mass is 79.9. The molecule has 1 atom stereocenters. The van der Waals surface area contributed by atoms with Crippen molar-refractivity contribution in [2.75, 3.05) is 6.61 Å². The predicted molar refractivity (Wildman–Crippen MR) is 93.5 cm³/mol. The number of halogens is 1. The summed E-state index contributed by atoms with van der Waals surface area (Å²) >= 11 is 3.51. The van der Waals surface area contributed by atoms with Crippen LogP contribution in [0.1, 0.15) is 45.6 Å². The van der Waals surface area contributed by atoms with Gasteiger partial charge in [0, 0.05) is 22.6 Å². The topological polar surface area (TPSA) is 21.3 Å². The van der Waals surface area contributed by atoms with Crippen molar-refractivity contribution in [3.8, 4) is 18.1 Å². The van der Waals surface area contributed by atoms with Crippen molar-refractivity contribution >= 4 is 15.9 Å². The van der Waals surface area contributed by atoms with Gasteiger partial charge < -0.3 is 10.1 Å². The summed E-state index contributed by atoms with van der Waals surface area (Å²) in [6, 6.07) is 6.52. The monoisotopic (exact) mass is 351 g/mol. The van der Waals surface area contributed by atoms with E-state index in [1.807, 2.05) is 12.1 Å². The fourth-order valence-corrected chi connectivity index (χ4v) is 2.57. The maximum atomic E-state index is 5.59. The minimum Gasteiger partial charge on any atom is -0.481 e. The van der Waals surface area contributed by atoms with E-state index in [1.165, 1.54) is 19.3 Å². The Morgan fingerprint density at radius 3 is 2.71 bits per heavy atom. The zero-order valence-corrected chi connectivity index (χ0v) is 14.9. The zero-order chi connectivity index (χ0) is 15.7. The van der Waals surface area contributed by atoms with E-state index in [1.54, 1.807) is 0 Å². The molecular formula is C18H26BrNO. The second-order valence-corrected chi connectivity index (χ2v) is 6.77. The Morgan fingerprint density at radius 2 is 2.05 bits per heavy atom. The first-order valence-electron chi connectivity index (χ1n) is 7.61. The van der Waals surface area contributed by atoms with Crippen LogP contribution in [-0.2, 0) is 6.54 Å². The molecule has 116 valence electrons. The van der Waals surface area contributed by atoms with E-state index in [2.05, 4.69) is 54.0 Å². The molecule has 1 aromatic rings. The summed E-state index contributed by atoms with van der Waals surface area (Å²) in [5.41, 5.74) is 1.13. The van der Waals surface area contributed by atoms with Crippen molar-refractivity contribution in [2.24, 2.45) is 5.92 Å². The van der Waals surface area contributed by atoms with Crippen LogP contribution in [0, 0.1) is 18.3 Å². The lowest BCUT2D eigenvalue weighted by Gasteiger charge is -2.16. The van der Waals surface area contributed by atoms with Gasteiger partial charge in [-0.05, 0) is 37.5 Å². The Balaban J connectivity index is 2.49. The van der Waals surface area contributed by atoms with Crippen LogP contribution in [0.2, 0.25) is 0 Å². The minimum atomic E-state index is 0.304. The first-order valence-corrected chi connectivity index (χ1v) is 8.40. The maximum Gasteiger partial charge on any atom is 0.148 e. The predicted octanol–water partition coefficient (Wildman–Crippen LogP) is 4.77. The number of rotatable bonds is 9. The molecule has 0 aliphatic rings. The Bertz CT molecular complexity index is 465. The van der Waals surface area contributed by atoms with Gasteiger partial charge in [0.05, 0.1) is 0 Å². The molecule has 2 nitrogen and oxygen atoms in total. The van der Waals surface area contributed by atoms with Gasteiger partial charge in [-0.2, -0.15) is 0 Å². The third-order valence-corrected chi connectivity index (χ3v) is 3.89. The Hall–Kier alpha value is -0.980.